The van der Waals surface area contributed by atoms with E-state index < -0.39 is 0 Å². The van der Waals surface area contributed by atoms with Crippen molar-refractivity contribution >= 4 is 12.2 Å². The molecule has 1 aliphatic carbocycles. The molecule has 1 heterocycles. The third-order valence-electron chi connectivity index (χ3n) is 4.05. The van der Waals surface area contributed by atoms with Crippen LogP contribution in [0.15, 0.2) is 28.8 Å². The minimum atomic E-state index is -0.377. The van der Waals surface area contributed by atoms with Crippen LogP contribution in [0, 0.1) is 5.92 Å². The molecule has 0 radical (unpaired) electrons. The van der Waals surface area contributed by atoms with Gasteiger partial charge in [0.25, 0.3) is 5.91 Å². The number of aromatic nitrogens is 2. The van der Waals surface area contributed by atoms with Crippen molar-refractivity contribution in [3.05, 3.63) is 41.5 Å². The van der Waals surface area contributed by atoms with Crippen LogP contribution in [-0.2, 0) is 4.79 Å². The molecule has 1 saturated carbocycles. The Morgan fingerprint density at radius 3 is 2.84 bits per heavy atom. The van der Waals surface area contributed by atoms with Gasteiger partial charge in [-0.25, -0.2) is 0 Å². The third-order valence-corrected chi connectivity index (χ3v) is 4.05. The summed E-state index contributed by atoms with van der Waals surface area (Å²) in [4.78, 5) is 27.6. The molecule has 7 nitrogen and oxygen atoms in total. The lowest BCUT2D eigenvalue weighted by molar-refractivity contribution is -0.124. The summed E-state index contributed by atoms with van der Waals surface area (Å²) >= 11 is 0. The predicted octanol–water partition coefficient (Wildman–Crippen LogP) is 2.65. The highest BCUT2D eigenvalue weighted by molar-refractivity contribution is 5.80. The molecule has 132 valence electrons. The summed E-state index contributed by atoms with van der Waals surface area (Å²) in [6, 6.07) is 6.39. The first-order valence-corrected chi connectivity index (χ1v) is 8.38. The standard InChI is InChI=1S/C18H21N3O4/c1-11(2)16(18-20-17(21-25-18)12-7-8-12)19-15(23)10-24-14-6-4-3-5-13(14)9-22/h3-6,9,11-12,16H,7-8,10H2,1-2H3,(H,19,23). The monoisotopic (exact) mass is 343 g/mol. The van der Waals surface area contributed by atoms with Gasteiger partial charge in [-0.15, -0.1) is 0 Å². The maximum Gasteiger partial charge on any atom is 0.258 e. The molecule has 1 fully saturated rings. The van der Waals surface area contributed by atoms with E-state index in [1.54, 1.807) is 24.3 Å². The van der Waals surface area contributed by atoms with Crippen molar-refractivity contribution in [3.63, 3.8) is 0 Å². The summed E-state index contributed by atoms with van der Waals surface area (Å²) in [5.74, 6) is 1.67. The second-order valence-corrected chi connectivity index (χ2v) is 6.50. The lowest BCUT2D eigenvalue weighted by Crippen LogP contribution is -2.35. The van der Waals surface area contributed by atoms with Gasteiger partial charge in [0.05, 0.1) is 5.56 Å². The van der Waals surface area contributed by atoms with Gasteiger partial charge in [-0.3, -0.25) is 9.59 Å². The highest BCUT2D eigenvalue weighted by Crippen LogP contribution is 2.38. The molecule has 1 amide bonds. The number of carbonyl (C=O) groups excluding carboxylic acids is 2. The van der Waals surface area contributed by atoms with Gasteiger partial charge < -0.3 is 14.6 Å². The van der Waals surface area contributed by atoms with E-state index in [1.807, 2.05) is 13.8 Å². The molecule has 0 spiro atoms. The third kappa shape index (κ3) is 4.23. The summed E-state index contributed by atoms with van der Waals surface area (Å²) in [6.45, 7) is 3.74. The first-order chi connectivity index (χ1) is 12.1. The first-order valence-electron chi connectivity index (χ1n) is 8.38. The van der Waals surface area contributed by atoms with Crippen molar-refractivity contribution in [2.24, 2.45) is 5.92 Å². The zero-order chi connectivity index (χ0) is 17.8. The van der Waals surface area contributed by atoms with E-state index in [1.165, 1.54) is 0 Å². The zero-order valence-corrected chi connectivity index (χ0v) is 14.3. The van der Waals surface area contributed by atoms with Gasteiger partial charge in [-0.2, -0.15) is 4.98 Å². The lowest BCUT2D eigenvalue weighted by atomic mass is 10.0. The van der Waals surface area contributed by atoms with Crippen LogP contribution in [0.25, 0.3) is 0 Å². The second kappa shape index (κ2) is 7.46. The summed E-state index contributed by atoms with van der Waals surface area (Å²) in [5.41, 5.74) is 0.404. The summed E-state index contributed by atoms with van der Waals surface area (Å²) in [5, 5.41) is 6.86. The molecule has 0 aliphatic heterocycles. The summed E-state index contributed by atoms with van der Waals surface area (Å²) in [7, 11) is 0. The van der Waals surface area contributed by atoms with Gasteiger partial charge >= 0.3 is 0 Å². The van der Waals surface area contributed by atoms with Crippen molar-refractivity contribution in [2.45, 2.75) is 38.6 Å². The predicted molar refractivity (Wildman–Crippen MR) is 89.3 cm³/mol. The Labute approximate surface area is 145 Å². The van der Waals surface area contributed by atoms with E-state index in [0.29, 0.717) is 35.2 Å². The molecule has 3 rings (SSSR count). The van der Waals surface area contributed by atoms with Gasteiger partial charge in [-0.05, 0) is 30.9 Å². The van der Waals surface area contributed by atoms with Crippen molar-refractivity contribution in [3.8, 4) is 5.75 Å². The molecule has 1 aliphatic rings. The van der Waals surface area contributed by atoms with E-state index in [-0.39, 0.29) is 24.5 Å². The van der Waals surface area contributed by atoms with Gasteiger partial charge in [0.1, 0.15) is 11.8 Å². The van der Waals surface area contributed by atoms with Gasteiger partial charge in [0.2, 0.25) is 5.89 Å². The van der Waals surface area contributed by atoms with Crippen molar-refractivity contribution < 1.29 is 18.8 Å². The molecule has 1 N–H and O–H groups in total. The fourth-order valence-corrected chi connectivity index (χ4v) is 2.46. The lowest BCUT2D eigenvalue weighted by Gasteiger charge is -2.18. The normalized spacial score (nSPS) is 15.0. The minimum absolute atomic E-state index is 0.0821. The fourth-order valence-electron chi connectivity index (χ4n) is 2.46. The molecule has 1 atom stereocenters. The average molecular weight is 343 g/mol. The van der Waals surface area contributed by atoms with Crippen molar-refractivity contribution in [1.29, 1.82) is 0 Å². The number of carbonyl (C=O) groups is 2. The van der Waals surface area contributed by atoms with E-state index in [2.05, 4.69) is 15.5 Å². The number of aldehydes is 1. The van der Waals surface area contributed by atoms with Crippen LogP contribution < -0.4 is 10.1 Å². The Bertz CT molecular complexity index is 752. The number of para-hydroxylation sites is 1. The number of nitrogens with zero attached hydrogens (tertiary/aromatic N) is 2. The van der Waals surface area contributed by atoms with Crippen LogP contribution in [0.5, 0.6) is 5.75 Å². The van der Waals surface area contributed by atoms with E-state index in [4.69, 9.17) is 9.26 Å². The molecule has 7 heteroatoms. The minimum Gasteiger partial charge on any atom is -0.483 e. The number of ether oxygens (including phenoxy) is 1. The van der Waals surface area contributed by atoms with Gasteiger partial charge in [0, 0.05) is 5.92 Å². The molecule has 1 aromatic heterocycles. The SMILES string of the molecule is CC(C)C(NC(=O)COc1ccccc1C=O)c1nc(C2CC2)no1. The summed E-state index contributed by atoms with van der Waals surface area (Å²) in [6.07, 6.45) is 2.87. The van der Waals surface area contributed by atoms with E-state index in [9.17, 15) is 9.59 Å². The molecular weight excluding hydrogens is 322 g/mol. The molecule has 1 unspecified atom stereocenters. The topological polar surface area (TPSA) is 94.3 Å². The van der Waals surface area contributed by atoms with Gasteiger partial charge in [0.15, 0.2) is 18.7 Å². The Hall–Kier alpha value is -2.70. The van der Waals surface area contributed by atoms with Crippen LogP contribution in [0.2, 0.25) is 0 Å². The molecule has 25 heavy (non-hydrogen) atoms. The Balaban J connectivity index is 1.61. The number of nitrogens with one attached hydrogen (secondary N) is 1. The molecule has 2 aromatic rings. The smallest absolute Gasteiger partial charge is 0.258 e. The fraction of sp³-hybridized carbons (Fsp3) is 0.444. The Morgan fingerprint density at radius 1 is 1.40 bits per heavy atom. The molecule has 0 bridgehead atoms. The maximum atomic E-state index is 12.2. The first kappa shape index (κ1) is 17.1. The molecule has 1 aromatic carbocycles. The van der Waals surface area contributed by atoms with Crippen LogP contribution in [0.1, 0.15) is 60.7 Å². The van der Waals surface area contributed by atoms with Crippen molar-refractivity contribution in [1.82, 2.24) is 15.5 Å². The quantitative estimate of drug-likeness (QED) is 0.741. The highest BCUT2D eigenvalue weighted by Gasteiger charge is 2.31. The van der Waals surface area contributed by atoms with Crippen LogP contribution in [0.4, 0.5) is 0 Å². The highest BCUT2D eigenvalue weighted by atomic mass is 16.5. The Morgan fingerprint density at radius 2 is 2.16 bits per heavy atom. The van der Waals surface area contributed by atoms with Crippen LogP contribution in [0.3, 0.4) is 0 Å². The largest absolute Gasteiger partial charge is 0.483 e. The summed E-state index contributed by atoms with van der Waals surface area (Å²) < 4.78 is 10.8. The number of amides is 1. The number of hydrogen-bond donors (Lipinski definition) is 1. The number of hydrogen-bond acceptors (Lipinski definition) is 6. The molecular formula is C18H21N3O4. The average Bonchev–Trinajstić information content (AvgIpc) is 3.35. The Kier molecular flexibility index (Phi) is 5.11. The number of benzene rings is 1. The van der Waals surface area contributed by atoms with Crippen molar-refractivity contribution in [2.75, 3.05) is 6.61 Å². The zero-order valence-electron chi connectivity index (χ0n) is 14.3. The van der Waals surface area contributed by atoms with Crippen LogP contribution in [-0.4, -0.2) is 28.9 Å². The van der Waals surface area contributed by atoms with E-state index >= 15 is 0 Å². The van der Waals surface area contributed by atoms with E-state index in [0.717, 1.165) is 12.8 Å². The second-order valence-electron chi connectivity index (χ2n) is 6.50. The molecule has 0 saturated heterocycles. The maximum absolute atomic E-state index is 12.2. The number of rotatable bonds is 8. The van der Waals surface area contributed by atoms with Gasteiger partial charge in [-0.1, -0.05) is 31.1 Å². The van der Waals surface area contributed by atoms with Crippen LogP contribution >= 0.6 is 0 Å².